The molecule has 5 rings (SSSR count). The second-order valence-corrected chi connectivity index (χ2v) is 15.5. The van der Waals surface area contributed by atoms with Crippen molar-refractivity contribution in [3.05, 3.63) is 90.5 Å². The predicted molar refractivity (Wildman–Crippen MR) is 204 cm³/mol. The summed E-state index contributed by atoms with van der Waals surface area (Å²) >= 11 is 9.94. The van der Waals surface area contributed by atoms with Gasteiger partial charge in [0.2, 0.25) is 11.8 Å². The van der Waals surface area contributed by atoms with Crippen molar-refractivity contribution < 1.29 is 33.8 Å². The molecular formula is C40H49BrClN3O7. The van der Waals surface area contributed by atoms with Crippen LogP contribution in [0, 0.1) is 11.8 Å². The molecule has 0 saturated carbocycles. The Morgan fingerprint density at radius 1 is 1.10 bits per heavy atom. The fraction of sp³-hybridized carbons (Fsp3) is 0.500. The molecule has 1 spiro atoms. The van der Waals surface area contributed by atoms with Crippen molar-refractivity contribution in [1.82, 2.24) is 9.80 Å². The molecule has 3 aliphatic heterocycles. The third-order valence-corrected chi connectivity index (χ3v) is 11.8. The highest BCUT2D eigenvalue weighted by molar-refractivity contribution is 9.09. The lowest BCUT2D eigenvalue weighted by Crippen LogP contribution is -2.57. The predicted octanol–water partition coefficient (Wildman–Crippen LogP) is 6.26. The van der Waals surface area contributed by atoms with Gasteiger partial charge >= 0.3 is 5.97 Å². The van der Waals surface area contributed by atoms with Gasteiger partial charge in [0.05, 0.1) is 24.0 Å². The van der Waals surface area contributed by atoms with Gasteiger partial charge in [0.1, 0.15) is 17.7 Å². The molecule has 2 aromatic carbocycles. The first kappa shape index (κ1) is 39.7. The monoisotopic (exact) mass is 797 g/mol. The Hall–Kier alpha value is -3.51. The molecule has 0 aromatic heterocycles. The zero-order valence-electron chi connectivity index (χ0n) is 29.9. The van der Waals surface area contributed by atoms with Crippen molar-refractivity contribution in [1.29, 1.82) is 0 Å². The van der Waals surface area contributed by atoms with Crippen molar-refractivity contribution in [3.8, 4) is 0 Å². The molecule has 8 atom stereocenters. The summed E-state index contributed by atoms with van der Waals surface area (Å²) in [5.41, 5.74) is 0.00735. The number of nitrogens with zero attached hydrogens (tertiary/aromatic N) is 3. The topological polar surface area (TPSA) is 117 Å². The van der Waals surface area contributed by atoms with Crippen LogP contribution in [0.1, 0.15) is 63.5 Å². The number of allylic oxidation sites excluding steroid dienone is 1. The summed E-state index contributed by atoms with van der Waals surface area (Å²) in [4.78, 5) is 61.6. The lowest BCUT2D eigenvalue weighted by Gasteiger charge is -2.37. The van der Waals surface area contributed by atoms with E-state index in [4.69, 9.17) is 21.1 Å². The second-order valence-electron chi connectivity index (χ2n) is 13.9. The molecule has 1 unspecified atom stereocenters. The smallest absolute Gasteiger partial charge is 0.313 e. The van der Waals surface area contributed by atoms with Crippen LogP contribution in [0.25, 0.3) is 0 Å². The molecule has 12 heteroatoms. The minimum absolute atomic E-state index is 0.0829. The average Bonchev–Trinajstić information content (AvgIpc) is 3.74. The van der Waals surface area contributed by atoms with Gasteiger partial charge in [-0.2, -0.15) is 0 Å². The molecule has 3 heterocycles. The molecule has 0 radical (unpaired) electrons. The zero-order valence-corrected chi connectivity index (χ0v) is 32.2. The van der Waals surface area contributed by atoms with Crippen LogP contribution < -0.4 is 4.90 Å². The molecule has 1 N–H and O–H groups in total. The first-order valence-electron chi connectivity index (χ1n) is 18.0. The Labute approximate surface area is 319 Å². The third kappa shape index (κ3) is 7.88. The number of esters is 1. The number of hydrogen-bond donors (Lipinski definition) is 1. The van der Waals surface area contributed by atoms with E-state index < -0.39 is 47.7 Å². The fourth-order valence-corrected chi connectivity index (χ4v) is 9.08. The van der Waals surface area contributed by atoms with E-state index in [1.165, 1.54) is 0 Å². The maximum atomic E-state index is 14.8. The number of unbranched alkanes of at least 4 members (excludes halogenated alkanes) is 3. The molecule has 280 valence electrons. The van der Waals surface area contributed by atoms with E-state index in [-0.39, 0.29) is 48.7 Å². The molecule has 3 aliphatic rings. The Kier molecular flexibility index (Phi) is 13.4. The quantitative estimate of drug-likeness (QED) is 0.0820. The summed E-state index contributed by atoms with van der Waals surface area (Å²) in [6.45, 7) is 9.98. The van der Waals surface area contributed by atoms with Crippen molar-refractivity contribution >= 4 is 56.9 Å². The van der Waals surface area contributed by atoms with E-state index in [2.05, 4.69) is 29.1 Å². The molecule has 3 saturated heterocycles. The molecule has 10 nitrogen and oxygen atoms in total. The van der Waals surface area contributed by atoms with Crippen LogP contribution in [0.5, 0.6) is 0 Å². The standard InChI is InChI=1S/C40H49BrClN3O7/c1-5-7-17-31(47)43(4)26(3)34(27-15-11-10-12-16-27)51-39(50)32-33-37(48)45(23-13-8-9-14-24-46)36(40(33)25-30(41)35(32)52-40)38(49)44(22-6-2)29-20-18-28(42)19-21-29/h5-6,10-12,15-16,18-21,26,30,32-36,46H,1-2,7-9,13-14,17,22-25H2,3-4H3/t26-,30?,32-,33+,34+,35-,36-,40+/m1/s1. The fourth-order valence-electron chi connectivity index (χ4n) is 8.01. The normalized spacial score (nSPS) is 25.7. The average molecular weight is 799 g/mol. The zero-order chi connectivity index (χ0) is 37.6. The first-order chi connectivity index (χ1) is 25.0. The van der Waals surface area contributed by atoms with Gasteiger partial charge in [-0.1, -0.05) is 82.9 Å². The van der Waals surface area contributed by atoms with Gasteiger partial charge in [0.15, 0.2) is 0 Å². The van der Waals surface area contributed by atoms with E-state index in [1.54, 1.807) is 58.2 Å². The highest BCUT2D eigenvalue weighted by Gasteiger charge is 2.77. The van der Waals surface area contributed by atoms with Crippen LogP contribution in [0.3, 0.4) is 0 Å². The second kappa shape index (κ2) is 17.5. The molecule has 52 heavy (non-hydrogen) atoms. The van der Waals surface area contributed by atoms with Crippen LogP contribution in [-0.4, -0.2) is 94.0 Å². The van der Waals surface area contributed by atoms with Crippen molar-refractivity contribution in [3.63, 3.8) is 0 Å². The highest BCUT2D eigenvalue weighted by atomic mass is 79.9. The maximum Gasteiger partial charge on any atom is 0.313 e. The number of likely N-dealkylation sites (tertiary alicyclic amines) is 1. The molecule has 0 aliphatic carbocycles. The summed E-state index contributed by atoms with van der Waals surface area (Å²) in [5.74, 6) is -3.33. The molecular weight excluding hydrogens is 750 g/mol. The van der Waals surface area contributed by atoms with Crippen molar-refractivity contribution in [2.45, 2.75) is 86.6 Å². The summed E-state index contributed by atoms with van der Waals surface area (Å²) in [5, 5.41) is 9.82. The van der Waals surface area contributed by atoms with Crippen LogP contribution in [0.15, 0.2) is 79.9 Å². The SMILES string of the molecule is C=CCCC(=O)N(C)[C@H](C)[C@H](OC(=O)[C@H]1[C@@H]2O[C@@]3(CC2Br)[C@@H]1C(=O)N(CCCCCCO)[C@@H]3C(=O)N(CC=C)c1ccc(Cl)cc1)c1ccccc1. The number of aliphatic hydroxyl groups excluding tert-OH is 1. The van der Waals surface area contributed by atoms with Gasteiger partial charge in [0.25, 0.3) is 5.91 Å². The lowest BCUT2D eigenvalue weighted by molar-refractivity contribution is -0.164. The minimum Gasteiger partial charge on any atom is -0.455 e. The number of carbonyl (C=O) groups excluding carboxylic acids is 4. The Bertz CT molecular complexity index is 1610. The Morgan fingerprint density at radius 3 is 2.44 bits per heavy atom. The Morgan fingerprint density at radius 2 is 1.79 bits per heavy atom. The number of fused-ring (bicyclic) bond motifs is 1. The van der Waals surface area contributed by atoms with E-state index >= 15 is 0 Å². The first-order valence-corrected chi connectivity index (χ1v) is 19.3. The number of benzene rings is 2. The van der Waals surface area contributed by atoms with Crippen molar-refractivity contribution in [2.24, 2.45) is 11.8 Å². The van der Waals surface area contributed by atoms with Gasteiger partial charge in [-0.25, -0.2) is 0 Å². The summed E-state index contributed by atoms with van der Waals surface area (Å²) in [7, 11) is 1.69. The molecule has 3 fully saturated rings. The number of anilines is 1. The van der Waals surface area contributed by atoms with E-state index in [0.29, 0.717) is 42.0 Å². The number of ether oxygens (including phenoxy) is 2. The van der Waals surface area contributed by atoms with Crippen LogP contribution in [-0.2, 0) is 28.7 Å². The molecule has 3 amide bonds. The van der Waals surface area contributed by atoms with E-state index in [0.717, 1.165) is 12.8 Å². The summed E-state index contributed by atoms with van der Waals surface area (Å²) in [6.07, 6.45) is 5.68. The van der Waals surface area contributed by atoms with Crippen LogP contribution >= 0.6 is 27.5 Å². The van der Waals surface area contributed by atoms with Gasteiger partial charge < -0.3 is 29.3 Å². The highest BCUT2D eigenvalue weighted by Crippen LogP contribution is 2.60. The Balaban J connectivity index is 1.50. The number of halogens is 2. The summed E-state index contributed by atoms with van der Waals surface area (Å²) < 4.78 is 13.1. The lowest BCUT2D eigenvalue weighted by atomic mass is 9.70. The van der Waals surface area contributed by atoms with Gasteiger partial charge in [-0.05, 0) is 62.4 Å². The van der Waals surface area contributed by atoms with Crippen LogP contribution in [0.4, 0.5) is 5.69 Å². The van der Waals surface area contributed by atoms with Gasteiger partial charge in [0, 0.05) is 48.7 Å². The number of rotatable bonds is 18. The number of carbonyl (C=O) groups is 4. The maximum absolute atomic E-state index is 14.8. The third-order valence-electron chi connectivity index (χ3n) is 10.7. The number of likely N-dealkylation sites (N-methyl/N-ethyl adjacent to an activating group) is 1. The number of alkyl halides is 1. The molecule has 2 bridgehead atoms. The number of aliphatic hydroxyl groups is 1. The molecule has 2 aromatic rings. The van der Waals surface area contributed by atoms with E-state index in [9.17, 15) is 24.3 Å². The largest absolute Gasteiger partial charge is 0.455 e. The van der Waals surface area contributed by atoms with E-state index in [1.807, 2.05) is 37.3 Å². The van der Waals surface area contributed by atoms with Crippen molar-refractivity contribution in [2.75, 3.05) is 31.6 Å². The number of hydrogen-bond acceptors (Lipinski definition) is 7. The van der Waals surface area contributed by atoms with Gasteiger partial charge in [-0.15, -0.1) is 13.2 Å². The van der Waals surface area contributed by atoms with Crippen LogP contribution in [0.2, 0.25) is 5.02 Å². The summed E-state index contributed by atoms with van der Waals surface area (Å²) in [6, 6.07) is 14.6. The number of amides is 3. The van der Waals surface area contributed by atoms with Gasteiger partial charge in [-0.3, -0.25) is 19.2 Å². The minimum atomic E-state index is -1.29.